The van der Waals surface area contributed by atoms with Crippen molar-refractivity contribution in [1.29, 1.82) is 0 Å². The molecule has 0 unspecified atom stereocenters. The van der Waals surface area contributed by atoms with Crippen molar-refractivity contribution in [2.75, 3.05) is 13.2 Å². The number of carbonyl (C=O) groups is 2. The smallest absolute Gasteiger partial charge is 0.352 e. The molecule has 1 fully saturated rings. The number of aryl methyl sites for hydroxylation is 1. The summed E-state index contributed by atoms with van der Waals surface area (Å²) in [6.07, 6.45) is 1.51. The number of nitrogens with one attached hydrogen (secondary N) is 2. The van der Waals surface area contributed by atoms with Crippen LogP contribution in [0.25, 0.3) is 0 Å². The number of H-pyrrole nitrogens is 1. The van der Waals surface area contributed by atoms with Gasteiger partial charge in [-0.1, -0.05) is 0 Å². The summed E-state index contributed by atoms with van der Waals surface area (Å²) in [7, 11) is 0. The molecule has 1 saturated heterocycles. The maximum absolute atomic E-state index is 12.4. The molecule has 3 N–H and O–H groups in total. The topological polar surface area (TPSA) is 91.4 Å². The average molecular weight is 280 g/mol. The second kappa shape index (κ2) is 5.28. The monoisotopic (exact) mass is 280 g/mol. The van der Waals surface area contributed by atoms with Crippen LogP contribution in [0.4, 0.5) is 0 Å². The third kappa shape index (κ3) is 2.70. The minimum absolute atomic E-state index is 0.0739. The Morgan fingerprint density at radius 2 is 1.90 bits per heavy atom. The van der Waals surface area contributed by atoms with Crippen LogP contribution in [0.15, 0.2) is 0 Å². The van der Waals surface area contributed by atoms with E-state index >= 15 is 0 Å². The second-order valence-corrected chi connectivity index (χ2v) is 5.56. The Kier molecular flexibility index (Phi) is 3.85. The first-order valence-corrected chi connectivity index (χ1v) is 6.67. The predicted molar refractivity (Wildman–Crippen MR) is 73.2 cm³/mol. The first kappa shape index (κ1) is 14.6. The van der Waals surface area contributed by atoms with Gasteiger partial charge in [-0.3, -0.25) is 4.79 Å². The summed E-state index contributed by atoms with van der Waals surface area (Å²) in [5.74, 6) is -1.28. The summed E-state index contributed by atoms with van der Waals surface area (Å²) in [6, 6.07) is 0. The number of carboxylic acids is 1. The zero-order chi connectivity index (χ0) is 14.9. The SMILES string of the molecule is Cc1[nH]c(C(=O)O)c(C)c1C(=O)NC1(C)CCOCC1. The fraction of sp³-hybridized carbons (Fsp3) is 0.571. The normalized spacial score (nSPS) is 17.8. The molecule has 0 saturated carbocycles. The molecule has 2 rings (SSSR count). The summed E-state index contributed by atoms with van der Waals surface area (Å²) in [5, 5.41) is 12.1. The van der Waals surface area contributed by atoms with Crippen LogP contribution in [0.5, 0.6) is 0 Å². The van der Waals surface area contributed by atoms with Crippen molar-refractivity contribution in [3.05, 3.63) is 22.5 Å². The van der Waals surface area contributed by atoms with Gasteiger partial charge in [0.05, 0.1) is 5.56 Å². The number of aromatic nitrogens is 1. The molecule has 110 valence electrons. The van der Waals surface area contributed by atoms with Crippen LogP contribution in [-0.4, -0.2) is 40.7 Å². The summed E-state index contributed by atoms with van der Waals surface area (Å²) < 4.78 is 5.30. The lowest BCUT2D eigenvalue weighted by atomic mass is 9.92. The Bertz CT molecular complexity index is 542. The molecule has 1 aliphatic heterocycles. The highest BCUT2D eigenvalue weighted by Gasteiger charge is 2.31. The first-order valence-electron chi connectivity index (χ1n) is 6.67. The molecule has 6 heteroatoms. The highest BCUT2D eigenvalue weighted by Crippen LogP contribution is 2.23. The van der Waals surface area contributed by atoms with Crippen molar-refractivity contribution in [2.45, 2.75) is 39.2 Å². The third-order valence-corrected chi connectivity index (χ3v) is 3.89. The van der Waals surface area contributed by atoms with Crippen molar-refractivity contribution in [3.8, 4) is 0 Å². The molecule has 2 heterocycles. The van der Waals surface area contributed by atoms with Crippen molar-refractivity contribution in [2.24, 2.45) is 0 Å². The van der Waals surface area contributed by atoms with Crippen LogP contribution in [0.2, 0.25) is 0 Å². The van der Waals surface area contributed by atoms with Crippen LogP contribution in [0, 0.1) is 13.8 Å². The molecular formula is C14H20N2O4. The van der Waals surface area contributed by atoms with Gasteiger partial charge in [-0.2, -0.15) is 0 Å². The summed E-state index contributed by atoms with van der Waals surface area (Å²) in [4.78, 5) is 26.3. The van der Waals surface area contributed by atoms with Crippen molar-refractivity contribution in [1.82, 2.24) is 10.3 Å². The minimum atomic E-state index is -1.05. The number of amides is 1. The molecule has 0 atom stereocenters. The molecule has 0 spiro atoms. The molecule has 1 amide bonds. The zero-order valence-electron chi connectivity index (χ0n) is 12.0. The van der Waals surface area contributed by atoms with Gasteiger partial charge in [-0.15, -0.1) is 0 Å². The second-order valence-electron chi connectivity index (χ2n) is 5.56. The van der Waals surface area contributed by atoms with Gasteiger partial charge < -0.3 is 20.1 Å². The third-order valence-electron chi connectivity index (χ3n) is 3.89. The molecule has 0 radical (unpaired) electrons. The van der Waals surface area contributed by atoms with E-state index in [2.05, 4.69) is 10.3 Å². The number of carbonyl (C=O) groups excluding carboxylic acids is 1. The largest absolute Gasteiger partial charge is 0.477 e. The van der Waals surface area contributed by atoms with Gasteiger partial charge in [-0.05, 0) is 39.2 Å². The minimum Gasteiger partial charge on any atom is -0.477 e. The summed E-state index contributed by atoms with van der Waals surface area (Å²) in [6.45, 7) is 6.60. The molecule has 20 heavy (non-hydrogen) atoms. The molecule has 0 aromatic carbocycles. The maximum Gasteiger partial charge on any atom is 0.352 e. The maximum atomic E-state index is 12.4. The molecule has 0 aliphatic carbocycles. The Morgan fingerprint density at radius 1 is 1.30 bits per heavy atom. The molecule has 1 aromatic heterocycles. The van der Waals surface area contributed by atoms with Gasteiger partial charge in [0.2, 0.25) is 0 Å². The number of carboxylic acid groups (broad SMARTS) is 1. The Balaban J connectivity index is 2.23. The lowest BCUT2D eigenvalue weighted by molar-refractivity contribution is 0.0422. The van der Waals surface area contributed by atoms with Gasteiger partial charge in [0, 0.05) is 24.4 Å². The van der Waals surface area contributed by atoms with Crippen molar-refractivity contribution >= 4 is 11.9 Å². The van der Waals surface area contributed by atoms with Gasteiger partial charge in [-0.25, -0.2) is 4.79 Å². The standard InChI is InChI=1S/C14H20N2O4/c1-8-10(9(2)15-11(8)13(18)19)12(17)16-14(3)4-6-20-7-5-14/h15H,4-7H2,1-3H3,(H,16,17)(H,18,19). The first-order chi connectivity index (χ1) is 9.34. The van der Waals surface area contributed by atoms with E-state index in [0.29, 0.717) is 30.0 Å². The number of rotatable bonds is 3. The van der Waals surface area contributed by atoms with Gasteiger partial charge in [0.1, 0.15) is 5.69 Å². The number of ether oxygens (including phenoxy) is 1. The lowest BCUT2D eigenvalue weighted by Crippen LogP contribution is -2.49. The van der Waals surface area contributed by atoms with Crippen LogP contribution >= 0.6 is 0 Å². The van der Waals surface area contributed by atoms with Crippen LogP contribution in [0.1, 0.15) is 51.9 Å². The summed E-state index contributed by atoms with van der Waals surface area (Å²) >= 11 is 0. The predicted octanol–water partition coefficient (Wildman–Crippen LogP) is 1.63. The Labute approximate surface area is 117 Å². The van der Waals surface area contributed by atoms with E-state index in [1.54, 1.807) is 13.8 Å². The fourth-order valence-corrected chi connectivity index (χ4v) is 2.59. The number of aromatic carboxylic acids is 1. The molecule has 1 aliphatic rings. The van der Waals surface area contributed by atoms with E-state index in [9.17, 15) is 9.59 Å². The number of hydrogen-bond donors (Lipinski definition) is 3. The van der Waals surface area contributed by atoms with Crippen LogP contribution < -0.4 is 5.32 Å². The van der Waals surface area contributed by atoms with E-state index in [-0.39, 0.29) is 17.1 Å². The van der Waals surface area contributed by atoms with Crippen LogP contribution in [-0.2, 0) is 4.74 Å². The number of aromatic amines is 1. The zero-order valence-corrected chi connectivity index (χ0v) is 12.0. The highest BCUT2D eigenvalue weighted by molar-refractivity contribution is 6.01. The molecule has 1 aromatic rings. The van der Waals surface area contributed by atoms with Crippen molar-refractivity contribution in [3.63, 3.8) is 0 Å². The number of hydrogen-bond acceptors (Lipinski definition) is 3. The quantitative estimate of drug-likeness (QED) is 0.784. The Hall–Kier alpha value is -1.82. The van der Waals surface area contributed by atoms with Gasteiger partial charge >= 0.3 is 5.97 Å². The van der Waals surface area contributed by atoms with E-state index in [1.165, 1.54) is 0 Å². The fourth-order valence-electron chi connectivity index (χ4n) is 2.59. The summed E-state index contributed by atoms with van der Waals surface area (Å²) in [5.41, 5.74) is 1.26. The van der Waals surface area contributed by atoms with E-state index in [1.807, 2.05) is 6.92 Å². The molecular weight excluding hydrogens is 260 g/mol. The van der Waals surface area contributed by atoms with Gasteiger partial charge in [0.15, 0.2) is 0 Å². The van der Waals surface area contributed by atoms with E-state index < -0.39 is 5.97 Å². The molecule has 0 bridgehead atoms. The van der Waals surface area contributed by atoms with Gasteiger partial charge in [0.25, 0.3) is 5.91 Å². The van der Waals surface area contributed by atoms with E-state index in [4.69, 9.17) is 9.84 Å². The average Bonchev–Trinajstić information content (AvgIpc) is 2.65. The lowest BCUT2D eigenvalue weighted by Gasteiger charge is -2.34. The Morgan fingerprint density at radius 3 is 2.40 bits per heavy atom. The molecule has 6 nitrogen and oxygen atoms in total. The van der Waals surface area contributed by atoms with Crippen LogP contribution in [0.3, 0.4) is 0 Å². The van der Waals surface area contributed by atoms with E-state index in [0.717, 1.165) is 12.8 Å². The van der Waals surface area contributed by atoms with Crippen molar-refractivity contribution < 1.29 is 19.4 Å². The highest BCUT2D eigenvalue weighted by atomic mass is 16.5.